The van der Waals surface area contributed by atoms with Crippen LogP contribution in [0.25, 0.3) is 11.1 Å². The van der Waals surface area contributed by atoms with E-state index >= 15 is 0 Å². The number of halogens is 5. The molecule has 0 radical (unpaired) electrons. The average molecular weight is 501 g/mol. The van der Waals surface area contributed by atoms with Gasteiger partial charge in [0.25, 0.3) is 5.91 Å². The van der Waals surface area contributed by atoms with Gasteiger partial charge in [0.1, 0.15) is 35.6 Å². The standard InChI is InChI=1S/C23H24F5N3O4/c1-22(2,3)35-21(33)31(11-23(26,27)28)10-13-5-7-15-16(14-6-4-12(24)8-17(14)25)9-18(19(29)32)30-20(15)34-13/h4,6,8-9,13H,5,7,10-11H2,1-3H3,(H2,29,32). The van der Waals surface area contributed by atoms with E-state index in [1.807, 2.05) is 0 Å². The second kappa shape index (κ2) is 9.67. The average Bonchev–Trinajstić information content (AvgIpc) is 2.70. The molecule has 0 bridgehead atoms. The highest BCUT2D eigenvalue weighted by molar-refractivity contribution is 5.93. The van der Waals surface area contributed by atoms with Crippen LogP contribution in [0.3, 0.4) is 0 Å². The maximum absolute atomic E-state index is 14.5. The molecular weight excluding hydrogens is 477 g/mol. The summed E-state index contributed by atoms with van der Waals surface area (Å²) >= 11 is 0. The maximum Gasteiger partial charge on any atom is 0.410 e. The molecular formula is C23H24F5N3O4. The maximum atomic E-state index is 14.5. The van der Waals surface area contributed by atoms with Crippen molar-refractivity contribution in [2.24, 2.45) is 5.73 Å². The van der Waals surface area contributed by atoms with Crippen LogP contribution in [-0.4, -0.2) is 52.9 Å². The molecule has 0 spiro atoms. The van der Waals surface area contributed by atoms with E-state index in [1.54, 1.807) is 0 Å². The Balaban J connectivity index is 1.93. The van der Waals surface area contributed by atoms with Gasteiger partial charge in [0.15, 0.2) is 0 Å². The predicted molar refractivity (Wildman–Crippen MR) is 115 cm³/mol. The fraction of sp³-hybridized carbons (Fsp3) is 0.435. The molecule has 1 aliphatic heterocycles. The van der Waals surface area contributed by atoms with Crippen LogP contribution in [0.15, 0.2) is 24.3 Å². The summed E-state index contributed by atoms with van der Waals surface area (Å²) in [4.78, 5) is 28.7. The lowest BCUT2D eigenvalue weighted by molar-refractivity contribution is -0.146. The topological polar surface area (TPSA) is 94.8 Å². The van der Waals surface area contributed by atoms with E-state index in [2.05, 4.69) is 4.98 Å². The second-order valence-electron chi connectivity index (χ2n) is 9.08. The molecule has 2 amide bonds. The molecule has 35 heavy (non-hydrogen) atoms. The molecule has 12 heteroatoms. The Bertz CT molecular complexity index is 1130. The van der Waals surface area contributed by atoms with Crippen molar-refractivity contribution in [1.29, 1.82) is 0 Å². The summed E-state index contributed by atoms with van der Waals surface area (Å²) in [5.41, 5.74) is 4.58. The molecule has 1 unspecified atom stereocenters. The molecule has 7 nitrogen and oxygen atoms in total. The Labute approximate surface area is 198 Å². The molecule has 0 saturated carbocycles. The molecule has 1 aromatic carbocycles. The number of carbonyl (C=O) groups excluding carboxylic acids is 2. The Morgan fingerprint density at radius 3 is 2.43 bits per heavy atom. The summed E-state index contributed by atoms with van der Waals surface area (Å²) in [6, 6.07) is 4.15. The molecule has 2 aromatic rings. The van der Waals surface area contributed by atoms with Crippen LogP contribution in [-0.2, 0) is 11.2 Å². The van der Waals surface area contributed by atoms with Gasteiger partial charge in [-0.1, -0.05) is 0 Å². The van der Waals surface area contributed by atoms with Crippen LogP contribution in [0.1, 0.15) is 43.2 Å². The minimum absolute atomic E-state index is 0.0259. The van der Waals surface area contributed by atoms with Crippen molar-refractivity contribution in [2.75, 3.05) is 13.1 Å². The molecule has 190 valence electrons. The highest BCUT2D eigenvalue weighted by Crippen LogP contribution is 2.37. The minimum Gasteiger partial charge on any atom is -0.472 e. The first-order chi connectivity index (χ1) is 16.1. The van der Waals surface area contributed by atoms with Crippen molar-refractivity contribution in [3.8, 4) is 17.0 Å². The van der Waals surface area contributed by atoms with Crippen molar-refractivity contribution in [2.45, 2.75) is 51.5 Å². The number of benzene rings is 1. The SMILES string of the molecule is CC(C)(C)OC(=O)N(CC1CCc2c(-c3ccc(F)cc3F)cc(C(N)=O)nc2O1)CC(F)(F)F. The first kappa shape index (κ1) is 26.2. The van der Waals surface area contributed by atoms with Crippen LogP contribution >= 0.6 is 0 Å². The van der Waals surface area contributed by atoms with Crippen LogP contribution < -0.4 is 10.5 Å². The number of nitrogens with two attached hydrogens (primary N) is 1. The number of fused-ring (bicyclic) bond motifs is 1. The Morgan fingerprint density at radius 2 is 1.86 bits per heavy atom. The number of hydrogen-bond donors (Lipinski definition) is 1. The number of rotatable bonds is 5. The smallest absolute Gasteiger partial charge is 0.410 e. The number of carbonyl (C=O) groups is 2. The van der Waals surface area contributed by atoms with Gasteiger partial charge in [-0.25, -0.2) is 18.6 Å². The third-order valence-electron chi connectivity index (χ3n) is 5.00. The van der Waals surface area contributed by atoms with Crippen molar-refractivity contribution in [3.63, 3.8) is 0 Å². The molecule has 1 aromatic heterocycles. The van der Waals surface area contributed by atoms with Gasteiger partial charge in [-0.3, -0.25) is 9.69 Å². The van der Waals surface area contributed by atoms with E-state index in [-0.39, 0.29) is 35.5 Å². The van der Waals surface area contributed by atoms with Crippen molar-refractivity contribution >= 4 is 12.0 Å². The van der Waals surface area contributed by atoms with Crippen LogP contribution in [0, 0.1) is 11.6 Å². The van der Waals surface area contributed by atoms with Crippen LogP contribution in [0.2, 0.25) is 0 Å². The number of amides is 2. The number of pyridine rings is 1. The zero-order chi connectivity index (χ0) is 26.1. The number of hydrogen-bond acceptors (Lipinski definition) is 5. The van der Waals surface area contributed by atoms with Crippen molar-refractivity contribution in [3.05, 3.63) is 47.2 Å². The lowest BCUT2D eigenvalue weighted by Gasteiger charge is -2.33. The van der Waals surface area contributed by atoms with E-state index in [4.69, 9.17) is 15.2 Å². The van der Waals surface area contributed by atoms with Gasteiger partial charge < -0.3 is 15.2 Å². The lowest BCUT2D eigenvalue weighted by atomic mass is 9.93. The highest BCUT2D eigenvalue weighted by Gasteiger charge is 2.37. The van der Waals surface area contributed by atoms with Gasteiger partial charge in [0.2, 0.25) is 5.88 Å². The number of primary amides is 1. The summed E-state index contributed by atoms with van der Waals surface area (Å²) in [5, 5.41) is 0. The summed E-state index contributed by atoms with van der Waals surface area (Å²) in [6.07, 6.45) is -6.46. The lowest BCUT2D eigenvalue weighted by Crippen LogP contribution is -2.47. The van der Waals surface area contributed by atoms with Gasteiger partial charge in [0, 0.05) is 17.2 Å². The number of ether oxygens (including phenoxy) is 2. The first-order valence-electron chi connectivity index (χ1n) is 10.6. The number of alkyl halides is 3. The Hall–Kier alpha value is -3.44. The van der Waals surface area contributed by atoms with E-state index in [0.29, 0.717) is 16.5 Å². The zero-order valence-electron chi connectivity index (χ0n) is 19.2. The van der Waals surface area contributed by atoms with Crippen LogP contribution in [0.5, 0.6) is 5.88 Å². The quantitative estimate of drug-likeness (QED) is 0.604. The molecule has 1 aliphatic rings. The van der Waals surface area contributed by atoms with Gasteiger partial charge in [0.05, 0.1) is 6.54 Å². The van der Waals surface area contributed by atoms with Gasteiger partial charge >= 0.3 is 12.3 Å². The van der Waals surface area contributed by atoms with Gasteiger partial charge in [-0.05, 0) is 57.4 Å². The summed E-state index contributed by atoms with van der Waals surface area (Å²) in [5.74, 6) is -2.77. The van der Waals surface area contributed by atoms with Gasteiger partial charge in [-0.2, -0.15) is 13.2 Å². The molecule has 0 fully saturated rings. The van der Waals surface area contributed by atoms with E-state index in [0.717, 1.165) is 6.07 Å². The predicted octanol–water partition coefficient (Wildman–Crippen LogP) is 4.62. The summed E-state index contributed by atoms with van der Waals surface area (Å²) in [6.45, 7) is 2.53. The Morgan fingerprint density at radius 1 is 1.17 bits per heavy atom. The van der Waals surface area contributed by atoms with E-state index in [9.17, 15) is 31.5 Å². The minimum atomic E-state index is -4.69. The fourth-order valence-corrected chi connectivity index (χ4v) is 3.60. The molecule has 0 saturated heterocycles. The highest BCUT2D eigenvalue weighted by atomic mass is 19.4. The summed E-state index contributed by atoms with van der Waals surface area (Å²) < 4.78 is 78.1. The number of aromatic nitrogens is 1. The molecule has 3 rings (SSSR count). The molecule has 1 atom stereocenters. The third kappa shape index (κ3) is 6.80. The fourth-order valence-electron chi connectivity index (χ4n) is 3.60. The number of nitrogens with zero attached hydrogens (tertiary/aromatic N) is 2. The largest absolute Gasteiger partial charge is 0.472 e. The third-order valence-corrected chi connectivity index (χ3v) is 5.00. The van der Waals surface area contributed by atoms with E-state index < -0.39 is 54.6 Å². The molecule has 2 N–H and O–H groups in total. The zero-order valence-corrected chi connectivity index (χ0v) is 19.2. The van der Waals surface area contributed by atoms with Crippen LogP contribution in [0.4, 0.5) is 26.7 Å². The van der Waals surface area contributed by atoms with E-state index in [1.165, 1.54) is 32.9 Å². The normalized spacial score (nSPS) is 15.7. The monoisotopic (exact) mass is 501 g/mol. The first-order valence-corrected chi connectivity index (χ1v) is 10.6. The van der Waals surface area contributed by atoms with Gasteiger partial charge in [-0.15, -0.1) is 0 Å². The van der Waals surface area contributed by atoms with Crippen molar-refractivity contribution in [1.82, 2.24) is 9.88 Å². The molecule has 0 aliphatic carbocycles. The second-order valence-corrected chi connectivity index (χ2v) is 9.08. The Kier molecular flexibility index (Phi) is 7.23. The van der Waals surface area contributed by atoms with Crippen molar-refractivity contribution < 1.29 is 41.0 Å². The summed E-state index contributed by atoms with van der Waals surface area (Å²) in [7, 11) is 0. The molecule has 2 heterocycles.